The number of carbonyl (C=O) groups is 2. The van der Waals surface area contributed by atoms with Crippen molar-refractivity contribution in [2.45, 2.75) is 52.6 Å². The maximum Gasteiger partial charge on any atom is 0.197 e. The van der Waals surface area contributed by atoms with Crippen LogP contribution in [0.15, 0.2) is 18.2 Å². The quantitative estimate of drug-likeness (QED) is 0.313. The molecule has 0 spiro atoms. The van der Waals surface area contributed by atoms with Crippen molar-refractivity contribution in [1.29, 1.82) is 5.41 Å². The molecule has 1 atom stereocenters. The maximum atomic E-state index is 15.6. The van der Waals surface area contributed by atoms with Gasteiger partial charge < -0.3 is 34.1 Å². The highest BCUT2D eigenvalue weighted by Crippen LogP contribution is 2.42. The zero-order valence-electron chi connectivity index (χ0n) is 26.6. The van der Waals surface area contributed by atoms with E-state index < -0.39 is 11.9 Å². The summed E-state index contributed by atoms with van der Waals surface area (Å²) in [7, 11) is 3.08. The zero-order chi connectivity index (χ0) is 31.5. The summed E-state index contributed by atoms with van der Waals surface area (Å²) in [5, 5.41) is 12.0. The Balaban J connectivity index is 0.00000529. The average molecular weight is 680 g/mol. The number of Topliss-reactive ketones (excluding diaryl/α,β-unsaturated/α-hetero) is 2. The first kappa shape index (κ1) is 35.3. The number of hydrogen-bond acceptors (Lipinski definition) is 9. The molecule has 1 fully saturated rings. The van der Waals surface area contributed by atoms with E-state index in [0.717, 1.165) is 5.56 Å². The van der Waals surface area contributed by atoms with Crippen molar-refractivity contribution in [2.24, 2.45) is 0 Å². The molecule has 4 rings (SSSR count). The smallest absolute Gasteiger partial charge is 0.197 e. The summed E-state index contributed by atoms with van der Waals surface area (Å²) >= 11 is 0. The summed E-state index contributed by atoms with van der Waals surface area (Å²) in [5.41, 5.74) is 2.19. The molecular weight excluding hydrogens is 635 g/mol. The number of nitrogens with one attached hydrogen (secondary N) is 2. The minimum atomic E-state index is -0.657. The number of halogens is 2. The van der Waals surface area contributed by atoms with Gasteiger partial charge in [-0.15, -0.1) is 17.0 Å². The monoisotopic (exact) mass is 678 g/mol. The second-order valence-corrected chi connectivity index (χ2v) is 11.7. The summed E-state index contributed by atoms with van der Waals surface area (Å²) in [6, 6.07) is 4.79. The first-order valence-corrected chi connectivity index (χ1v) is 14.7. The van der Waals surface area contributed by atoms with E-state index in [1.165, 1.54) is 7.11 Å². The van der Waals surface area contributed by atoms with Crippen LogP contribution in [0.4, 0.5) is 10.1 Å². The number of carbonyl (C=O) groups excluding carboxylic acids is 2. The van der Waals surface area contributed by atoms with Crippen LogP contribution < -0.4 is 24.4 Å². The molecule has 0 bridgehead atoms. The SMILES string of the molecule is Br.CCOc1cc2c(c(F)c1OCC)C(=N)N(CC(=O)c1cc(N3CCNCC3C(=O)COC)c(OC)c(C(C)(C)C)c1)C2. The molecule has 0 radical (unpaired) electrons. The van der Waals surface area contributed by atoms with Crippen LogP contribution >= 0.6 is 17.0 Å². The fraction of sp³-hybridized carbons (Fsp3) is 0.531. The van der Waals surface area contributed by atoms with Gasteiger partial charge in [0.2, 0.25) is 0 Å². The normalized spacial score (nSPS) is 16.4. The Morgan fingerprint density at radius 1 is 1.09 bits per heavy atom. The number of fused-ring (bicyclic) bond motifs is 1. The standard InChI is InChI=1S/C32H43FN4O6.BrH/c1-8-42-26-14-20-16-36(31(34)27(20)28(33)30(26)43-9-2)17-24(38)19-12-21(32(3,4)5)29(41-7)22(13-19)37-11-10-35-15-23(37)25(39)18-40-6;/h12-14,23,34-35H,8-11,15-18H2,1-7H3;1H. The fourth-order valence-corrected chi connectivity index (χ4v) is 5.70. The third-order valence-corrected chi connectivity index (χ3v) is 7.72. The van der Waals surface area contributed by atoms with E-state index in [2.05, 4.69) is 5.32 Å². The topological polar surface area (TPSA) is 113 Å². The Hall–Kier alpha value is -3.22. The van der Waals surface area contributed by atoms with E-state index in [9.17, 15) is 9.59 Å². The van der Waals surface area contributed by atoms with Crippen molar-refractivity contribution in [1.82, 2.24) is 10.2 Å². The van der Waals surface area contributed by atoms with Crippen LogP contribution in [0.1, 0.15) is 61.7 Å². The number of rotatable bonds is 12. The fourth-order valence-electron chi connectivity index (χ4n) is 5.70. The minimum absolute atomic E-state index is 0. The molecule has 2 aromatic carbocycles. The molecule has 242 valence electrons. The number of methoxy groups -OCH3 is 2. The second kappa shape index (κ2) is 14.7. The third-order valence-electron chi connectivity index (χ3n) is 7.72. The molecule has 1 unspecified atom stereocenters. The highest BCUT2D eigenvalue weighted by Gasteiger charge is 2.36. The molecular formula is C32H44BrFN4O6. The number of amidine groups is 1. The largest absolute Gasteiger partial charge is 0.494 e. The van der Waals surface area contributed by atoms with E-state index in [1.54, 1.807) is 38.0 Å². The zero-order valence-corrected chi connectivity index (χ0v) is 28.3. The molecule has 0 aliphatic carbocycles. The van der Waals surface area contributed by atoms with Crippen molar-refractivity contribution in [2.75, 3.05) is 65.1 Å². The molecule has 0 amide bonds. The van der Waals surface area contributed by atoms with E-state index in [4.69, 9.17) is 24.4 Å². The Kier molecular flexibility index (Phi) is 11.8. The van der Waals surface area contributed by atoms with Gasteiger partial charge in [0.15, 0.2) is 28.9 Å². The van der Waals surface area contributed by atoms with Crippen LogP contribution in [0.5, 0.6) is 17.2 Å². The van der Waals surface area contributed by atoms with Crippen molar-refractivity contribution < 1.29 is 32.9 Å². The molecule has 2 aromatic rings. The molecule has 0 aromatic heterocycles. The first-order valence-electron chi connectivity index (χ1n) is 14.7. The molecule has 1 saturated heterocycles. The molecule has 44 heavy (non-hydrogen) atoms. The van der Waals surface area contributed by atoms with Gasteiger partial charge in [-0.25, -0.2) is 4.39 Å². The molecule has 2 heterocycles. The molecule has 10 nitrogen and oxygen atoms in total. The summed E-state index contributed by atoms with van der Waals surface area (Å²) in [6.45, 7) is 11.9. The lowest BCUT2D eigenvalue weighted by Crippen LogP contribution is -2.56. The molecule has 2 aliphatic rings. The highest BCUT2D eigenvalue weighted by atomic mass is 79.9. The van der Waals surface area contributed by atoms with Crippen LogP contribution in [0.2, 0.25) is 0 Å². The third kappa shape index (κ3) is 7.02. The number of piperazine rings is 1. The lowest BCUT2D eigenvalue weighted by molar-refractivity contribution is -0.124. The van der Waals surface area contributed by atoms with E-state index >= 15 is 4.39 Å². The average Bonchev–Trinajstić information content (AvgIpc) is 3.28. The number of hydrogen-bond donors (Lipinski definition) is 2. The van der Waals surface area contributed by atoms with Crippen LogP contribution in [-0.2, 0) is 21.5 Å². The maximum absolute atomic E-state index is 15.6. The lowest BCUT2D eigenvalue weighted by Gasteiger charge is -2.39. The Morgan fingerprint density at radius 2 is 1.80 bits per heavy atom. The Labute approximate surface area is 269 Å². The van der Waals surface area contributed by atoms with Crippen LogP contribution in [0.3, 0.4) is 0 Å². The van der Waals surface area contributed by atoms with Gasteiger partial charge in [0, 0.05) is 44.4 Å². The number of nitrogens with zero attached hydrogens (tertiary/aromatic N) is 2. The van der Waals surface area contributed by atoms with Gasteiger partial charge in [0.05, 0.1) is 38.1 Å². The van der Waals surface area contributed by atoms with Gasteiger partial charge in [-0.2, -0.15) is 0 Å². The molecule has 0 saturated carbocycles. The Bertz CT molecular complexity index is 1400. The summed E-state index contributed by atoms with van der Waals surface area (Å²) in [4.78, 5) is 30.5. The summed E-state index contributed by atoms with van der Waals surface area (Å²) < 4.78 is 37.8. The number of ketones is 2. The van der Waals surface area contributed by atoms with Crippen LogP contribution in [0, 0.1) is 11.2 Å². The minimum Gasteiger partial charge on any atom is -0.494 e. The van der Waals surface area contributed by atoms with Gasteiger partial charge in [-0.1, -0.05) is 20.8 Å². The number of anilines is 1. The predicted molar refractivity (Wildman–Crippen MR) is 173 cm³/mol. The van der Waals surface area contributed by atoms with E-state index in [-0.39, 0.29) is 83.2 Å². The predicted octanol–water partition coefficient (Wildman–Crippen LogP) is 4.52. The van der Waals surface area contributed by atoms with Gasteiger partial charge >= 0.3 is 0 Å². The second-order valence-electron chi connectivity index (χ2n) is 11.7. The summed E-state index contributed by atoms with van der Waals surface area (Å²) in [6.07, 6.45) is 0. The van der Waals surface area contributed by atoms with Crippen molar-refractivity contribution >= 4 is 40.1 Å². The molecule has 12 heteroatoms. The van der Waals surface area contributed by atoms with Crippen LogP contribution in [-0.4, -0.2) is 88.6 Å². The summed E-state index contributed by atoms with van der Waals surface area (Å²) in [5.74, 6) is -0.186. The van der Waals surface area contributed by atoms with Gasteiger partial charge in [0.25, 0.3) is 0 Å². The van der Waals surface area contributed by atoms with Crippen molar-refractivity contribution in [3.05, 3.63) is 46.3 Å². The van der Waals surface area contributed by atoms with E-state index in [1.807, 2.05) is 31.7 Å². The number of benzene rings is 2. The van der Waals surface area contributed by atoms with Crippen molar-refractivity contribution in [3.63, 3.8) is 0 Å². The van der Waals surface area contributed by atoms with Gasteiger partial charge in [-0.05, 0) is 43.0 Å². The molecule has 2 N–H and O–H groups in total. The first-order chi connectivity index (χ1) is 20.5. The highest BCUT2D eigenvalue weighted by molar-refractivity contribution is 8.93. The lowest BCUT2D eigenvalue weighted by atomic mass is 9.84. The van der Waals surface area contributed by atoms with Gasteiger partial charge in [0.1, 0.15) is 24.2 Å². The van der Waals surface area contributed by atoms with Gasteiger partial charge in [-0.3, -0.25) is 15.0 Å². The van der Waals surface area contributed by atoms with E-state index in [0.29, 0.717) is 48.8 Å². The van der Waals surface area contributed by atoms with Crippen molar-refractivity contribution in [3.8, 4) is 17.2 Å². The molecule has 2 aliphatic heterocycles. The van der Waals surface area contributed by atoms with Crippen LogP contribution in [0.25, 0.3) is 0 Å². The Morgan fingerprint density at radius 3 is 2.41 bits per heavy atom. The number of ether oxygens (including phenoxy) is 4.